The molecule has 0 atom stereocenters. The van der Waals surface area contributed by atoms with Gasteiger partial charge in [-0.25, -0.2) is 8.42 Å². The van der Waals surface area contributed by atoms with E-state index in [1.165, 1.54) is 4.90 Å². The van der Waals surface area contributed by atoms with Gasteiger partial charge in [-0.1, -0.05) is 6.92 Å². The molecular formula is C9H11BrClNO4S. The Labute approximate surface area is 112 Å². The Balaban J connectivity index is 3.06. The van der Waals surface area contributed by atoms with Crippen molar-refractivity contribution in [2.45, 2.75) is 18.2 Å². The van der Waals surface area contributed by atoms with Crippen molar-refractivity contribution in [2.24, 2.45) is 0 Å². The molecule has 0 N–H and O–H groups in total. The first kappa shape index (κ1) is 14.5. The molecule has 1 aromatic rings. The van der Waals surface area contributed by atoms with Gasteiger partial charge in [-0.3, -0.25) is 4.79 Å². The van der Waals surface area contributed by atoms with Gasteiger partial charge in [0.25, 0.3) is 15.0 Å². The normalized spacial score (nSPS) is 11.5. The van der Waals surface area contributed by atoms with E-state index in [9.17, 15) is 13.2 Å². The highest BCUT2D eigenvalue weighted by Gasteiger charge is 2.24. The van der Waals surface area contributed by atoms with E-state index in [-0.39, 0.29) is 21.2 Å². The molecule has 0 bridgehead atoms. The van der Waals surface area contributed by atoms with Crippen LogP contribution in [-0.4, -0.2) is 32.8 Å². The molecule has 0 aliphatic carbocycles. The third-order valence-corrected chi connectivity index (χ3v) is 4.21. The molecule has 96 valence electrons. The monoisotopic (exact) mass is 343 g/mol. The lowest BCUT2D eigenvalue weighted by Gasteiger charge is -2.13. The van der Waals surface area contributed by atoms with Gasteiger partial charge < -0.3 is 9.32 Å². The van der Waals surface area contributed by atoms with Crippen molar-refractivity contribution in [1.82, 2.24) is 4.90 Å². The van der Waals surface area contributed by atoms with E-state index in [0.29, 0.717) is 6.54 Å². The third kappa shape index (κ3) is 3.46. The fourth-order valence-electron chi connectivity index (χ4n) is 1.25. The summed E-state index contributed by atoms with van der Waals surface area (Å²) in [6.07, 6.45) is 0.796. The molecule has 0 radical (unpaired) electrons. The molecule has 0 unspecified atom stereocenters. The molecule has 0 aliphatic rings. The van der Waals surface area contributed by atoms with Crippen LogP contribution >= 0.6 is 26.6 Å². The van der Waals surface area contributed by atoms with Crippen molar-refractivity contribution >= 4 is 41.6 Å². The smallest absolute Gasteiger partial charge is 0.289 e. The highest BCUT2D eigenvalue weighted by atomic mass is 79.9. The zero-order chi connectivity index (χ0) is 13.2. The summed E-state index contributed by atoms with van der Waals surface area (Å²) in [4.78, 5) is 13.0. The first-order valence-corrected chi connectivity index (χ1v) is 7.87. The first-order valence-electron chi connectivity index (χ1n) is 4.76. The number of rotatable bonds is 4. The molecule has 0 fully saturated rings. The van der Waals surface area contributed by atoms with Crippen LogP contribution in [0.1, 0.15) is 23.9 Å². The second kappa shape index (κ2) is 5.41. The Morgan fingerprint density at radius 1 is 1.59 bits per heavy atom. The molecule has 0 aromatic carbocycles. The molecule has 8 heteroatoms. The fraction of sp³-hybridized carbons (Fsp3) is 0.444. The number of carbonyl (C=O) groups is 1. The Morgan fingerprint density at radius 3 is 2.59 bits per heavy atom. The number of halogens is 2. The van der Waals surface area contributed by atoms with Crippen LogP contribution in [0.4, 0.5) is 0 Å². The summed E-state index contributed by atoms with van der Waals surface area (Å²) in [5, 5.41) is 0. The molecule has 0 spiro atoms. The van der Waals surface area contributed by atoms with Gasteiger partial charge in [0.2, 0.25) is 0 Å². The minimum atomic E-state index is -3.92. The van der Waals surface area contributed by atoms with Gasteiger partial charge in [-0.2, -0.15) is 0 Å². The van der Waals surface area contributed by atoms with Gasteiger partial charge in [0, 0.05) is 30.3 Å². The van der Waals surface area contributed by atoms with E-state index in [4.69, 9.17) is 15.1 Å². The molecule has 1 amide bonds. The molecule has 0 aliphatic heterocycles. The van der Waals surface area contributed by atoms with Crippen LogP contribution in [0.25, 0.3) is 0 Å². The second-order valence-electron chi connectivity index (χ2n) is 3.41. The van der Waals surface area contributed by atoms with Crippen molar-refractivity contribution in [3.63, 3.8) is 0 Å². The van der Waals surface area contributed by atoms with Gasteiger partial charge in [0.1, 0.15) is 4.90 Å². The van der Waals surface area contributed by atoms with Crippen molar-refractivity contribution in [2.75, 3.05) is 13.6 Å². The predicted molar refractivity (Wildman–Crippen MR) is 66.7 cm³/mol. The van der Waals surface area contributed by atoms with Gasteiger partial charge in [-0.05, 0) is 22.4 Å². The van der Waals surface area contributed by atoms with Crippen LogP contribution in [0, 0.1) is 0 Å². The molecule has 1 aromatic heterocycles. The minimum Gasteiger partial charge on any atom is -0.443 e. The fourth-order valence-corrected chi connectivity index (χ4v) is 3.28. The van der Waals surface area contributed by atoms with Crippen LogP contribution < -0.4 is 0 Å². The molecular weight excluding hydrogens is 334 g/mol. The van der Waals surface area contributed by atoms with E-state index in [2.05, 4.69) is 15.9 Å². The van der Waals surface area contributed by atoms with E-state index in [0.717, 1.165) is 12.5 Å². The highest BCUT2D eigenvalue weighted by molar-refractivity contribution is 9.10. The van der Waals surface area contributed by atoms with Crippen molar-refractivity contribution in [3.8, 4) is 0 Å². The minimum absolute atomic E-state index is 0.0629. The molecule has 1 rings (SSSR count). The molecule has 17 heavy (non-hydrogen) atoms. The second-order valence-corrected chi connectivity index (χ2v) is 6.67. The number of carbonyl (C=O) groups excluding carboxylic acids is 1. The summed E-state index contributed by atoms with van der Waals surface area (Å²) in [6.45, 7) is 2.48. The summed E-state index contributed by atoms with van der Waals surface area (Å²) in [7, 11) is 2.86. The average molecular weight is 345 g/mol. The average Bonchev–Trinajstić information content (AvgIpc) is 2.59. The lowest BCUT2D eigenvalue weighted by Crippen LogP contribution is -2.26. The van der Waals surface area contributed by atoms with E-state index in [1.807, 2.05) is 6.92 Å². The van der Waals surface area contributed by atoms with Gasteiger partial charge in [-0.15, -0.1) is 0 Å². The number of hydrogen-bond acceptors (Lipinski definition) is 4. The highest BCUT2D eigenvalue weighted by Crippen LogP contribution is 2.29. The summed E-state index contributed by atoms with van der Waals surface area (Å²) >= 11 is 2.91. The lowest BCUT2D eigenvalue weighted by molar-refractivity contribution is 0.0762. The van der Waals surface area contributed by atoms with Crippen LogP contribution in [0.5, 0.6) is 0 Å². The maximum absolute atomic E-state index is 11.8. The van der Waals surface area contributed by atoms with Gasteiger partial charge >= 0.3 is 0 Å². The third-order valence-electron chi connectivity index (χ3n) is 2.03. The molecule has 5 nitrogen and oxygen atoms in total. The number of amides is 1. The maximum atomic E-state index is 11.8. The van der Waals surface area contributed by atoms with Gasteiger partial charge in [0.15, 0.2) is 10.4 Å². The number of nitrogens with zero attached hydrogens (tertiary/aromatic N) is 1. The van der Waals surface area contributed by atoms with E-state index in [1.54, 1.807) is 7.05 Å². The number of hydrogen-bond donors (Lipinski definition) is 0. The lowest BCUT2D eigenvalue weighted by atomic mass is 10.3. The van der Waals surface area contributed by atoms with Crippen molar-refractivity contribution in [1.29, 1.82) is 0 Å². The van der Waals surface area contributed by atoms with Crippen LogP contribution in [0.15, 0.2) is 20.0 Å². The molecule has 1 heterocycles. The van der Waals surface area contributed by atoms with E-state index < -0.39 is 9.05 Å². The molecule has 0 saturated heterocycles. The predicted octanol–water partition coefficient (Wildman–Crippen LogP) is 2.45. The number of furan rings is 1. The maximum Gasteiger partial charge on any atom is 0.289 e. The van der Waals surface area contributed by atoms with E-state index >= 15 is 0 Å². The summed E-state index contributed by atoms with van der Waals surface area (Å²) in [5.41, 5.74) is 0. The topological polar surface area (TPSA) is 67.6 Å². The Bertz CT molecular complexity index is 525. The zero-order valence-electron chi connectivity index (χ0n) is 9.24. The summed E-state index contributed by atoms with van der Waals surface area (Å²) in [6, 6.07) is 1.11. The van der Waals surface area contributed by atoms with Crippen LogP contribution in [0.2, 0.25) is 0 Å². The largest absolute Gasteiger partial charge is 0.443 e. The first-order chi connectivity index (χ1) is 7.77. The zero-order valence-corrected chi connectivity index (χ0v) is 12.4. The van der Waals surface area contributed by atoms with Gasteiger partial charge in [0.05, 0.1) is 0 Å². The quantitative estimate of drug-likeness (QED) is 0.787. The van der Waals surface area contributed by atoms with Crippen LogP contribution in [-0.2, 0) is 9.05 Å². The standard InChI is InChI=1S/C9H11BrClNO4S/c1-3-4-12(2)9(13)6-5-7(8(10)16-6)17(11,14)15/h5H,3-4H2,1-2H3. The SMILES string of the molecule is CCCN(C)C(=O)c1cc(S(=O)(=O)Cl)c(Br)o1. The Kier molecular flexibility index (Phi) is 4.62. The van der Waals surface area contributed by atoms with Crippen molar-refractivity contribution in [3.05, 3.63) is 16.5 Å². The summed E-state index contributed by atoms with van der Waals surface area (Å²) in [5.74, 6) is -0.453. The molecule has 0 saturated carbocycles. The summed E-state index contributed by atoms with van der Waals surface area (Å²) < 4.78 is 27.2. The Morgan fingerprint density at radius 2 is 2.18 bits per heavy atom. The van der Waals surface area contributed by atoms with Crippen molar-refractivity contribution < 1.29 is 17.6 Å². The Hall–Kier alpha value is -0.530. The van der Waals surface area contributed by atoms with Crippen LogP contribution in [0.3, 0.4) is 0 Å².